The van der Waals surface area contributed by atoms with Crippen LogP contribution < -0.4 is 10.2 Å². The Morgan fingerprint density at radius 3 is 2.67 bits per heavy atom. The summed E-state index contributed by atoms with van der Waals surface area (Å²) in [6.45, 7) is 3.58. The SMILES string of the molecule is Cc1cc(C=NNC(=O)COc2ccc(Cl)cc2)c(C)n1-c1cccc([N+](=O)[O-])c1. The third-order valence-corrected chi connectivity index (χ3v) is 4.60. The molecule has 30 heavy (non-hydrogen) atoms. The first-order chi connectivity index (χ1) is 14.3. The molecule has 0 atom stereocenters. The number of nitrogens with zero attached hydrogens (tertiary/aromatic N) is 3. The van der Waals surface area contributed by atoms with Crippen LogP contribution in [-0.2, 0) is 4.79 Å². The molecule has 2 aromatic carbocycles. The van der Waals surface area contributed by atoms with Crippen LogP contribution in [0.2, 0.25) is 5.02 Å². The van der Waals surface area contributed by atoms with E-state index in [-0.39, 0.29) is 12.3 Å². The predicted octanol–water partition coefficient (Wildman–Crippen LogP) is 4.18. The Labute approximate surface area is 177 Å². The lowest BCUT2D eigenvalue weighted by Gasteiger charge is -2.09. The van der Waals surface area contributed by atoms with E-state index in [1.54, 1.807) is 36.4 Å². The molecular weight excluding hydrogens is 408 g/mol. The second kappa shape index (κ2) is 9.23. The fourth-order valence-electron chi connectivity index (χ4n) is 2.95. The van der Waals surface area contributed by atoms with Crippen LogP contribution in [0.1, 0.15) is 17.0 Å². The van der Waals surface area contributed by atoms with Gasteiger partial charge in [0.1, 0.15) is 5.75 Å². The van der Waals surface area contributed by atoms with Crippen molar-refractivity contribution >= 4 is 29.4 Å². The van der Waals surface area contributed by atoms with Gasteiger partial charge in [0, 0.05) is 34.1 Å². The number of carbonyl (C=O) groups is 1. The van der Waals surface area contributed by atoms with Gasteiger partial charge in [-0.2, -0.15) is 5.10 Å². The fraction of sp³-hybridized carbons (Fsp3) is 0.143. The minimum Gasteiger partial charge on any atom is -0.484 e. The Bertz CT molecular complexity index is 1110. The summed E-state index contributed by atoms with van der Waals surface area (Å²) in [6.07, 6.45) is 1.52. The van der Waals surface area contributed by atoms with E-state index in [0.29, 0.717) is 16.5 Å². The van der Waals surface area contributed by atoms with Crippen LogP contribution in [0.15, 0.2) is 59.7 Å². The third kappa shape index (κ3) is 5.03. The van der Waals surface area contributed by atoms with Crippen LogP contribution in [0.25, 0.3) is 5.69 Å². The van der Waals surface area contributed by atoms with E-state index in [2.05, 4.69) is 10.5 Å². The van der Waals surface area contributed by atoms with Gasteiger partial charge in [0.15, 0.2) is 6.61 Å². The number of carbonyl (C=O) groups excluding carboxylic acids is 1. The zero-order valence-corrected chi connectivity index (χ0v) is 17.1. The molecule has 0 spiro atoms. The molecule has 1 amide bonds. The molecule has 0 aliphatic heterocycles. The van der Waals surface area contributed by atoms with Crippen molar-refractivity contribution in [3.8, 4) is 11.4 Å². The number of amides is 1. The van der Waals surface area contributed by atoms with Gasteiger partial charge in [-0.1, -0.05) is 17.7 Å². The van der Waals surface area contributed by atoms with Crippen LogP contribution in [0.3, 0.4) is 0 Å². The lowest BCUT2D eigenvalue weighted by atomic mass is 10.2. The van der Waals surface area contributed by atoms with Crippen molar-refractivity contribution in [3.63, 3.8) is 0 Å². The van der Waals surface area contributed by atoms with Gasteiger partial charge in [-0.15, -0.1) is 0 Å². The topological polar surface area (TPSA) is 98.8 Å². The highest BCUT2D eigenvalue weighted by Gasteiger charge is 2.13. The van der Waals surface area contributed by atoms with Gasteiger partial charge in [0.25, 0.3) is 11.6 Å². The number of hydrogen-bond donors (Lipinski definition) is 1. The van der Waals surface area contributed by atoms with E-state index >= 15 is 0 Å². The zero-order valence-electron chi connectivity index (χ0n) is 16.3. The average molecular weight is 427 g/mol. The van der Waals surface area contributed by atoms with E-state index in [1.165, 1.54) is 18.3 Å². The van der Waals surface area contributed by atoms with Crippen molar-refractivity contribution in [2.45, 2.75) is 13.8 Å². The Morgan fingerprint density at radius 2 is 1.97 bits per heavy atom. The van der Waals surface area contributed by atoms with Gasteiger partial charge in [-0.05, 0) is 50.2 Å². The Morgan fingerprint density at radius 1 is 1.23 bits per heavy atom. The molecular formula is C21H19ClN4O4. The van der Waals surface area contributed by atoms with Crippen molar-refractivity contribution in [1.82, 2.24) is 9.99 Å². The molecule has 8 nitrogen and oxygen atoms in total. The van der Waals surface area contributed by atoms with Crippen molar-refractivity contribution in [1.29, 1.82) is 0 Å². The summed E-state index contributed by atoms with van der Waals surface area (Å²) >= 11 is 5.80. The molecule has 3 rings (SSSR count). The average Bonchev–Trinajstić information content (AvgIpc) is 3.01. The molecule has 0 fully saturated rings. The lowest BCUT2D eigenvalue weighted by molar-refractivity contribution is -0.384. The Balaban J connectivity index is 1.65. The third-order valence-electron chi connectivity index (χ3n) is 4.35. The lowest BCUT2D eigenvalue weighted by Crippen LogP contribution is -2.24. The summed E-state index contributed by atoms with van der Waals surface area (Å²) in [7, 11) is 0. The monoisotopic (exact) mass is 426 g/mol. The van der Waals surface area contributed by atoms with Crippen LogP contribution in [0.5, 0.6) is 5.75 Å². The Kier molecular flexibility index (Phi) is 6.48. The molecule has 3 aromatic rings. The standard InChI is InChI=1S/C21H19ClN4O4/c1-14-10-16(15(2)25(14)18-4-3-5-19(11-18)26(28)29)12-23-24-21(27)13-30-20-8-6-17(22)7-9-20/h3-12H,13H2,1-2H3,(H,24,27). The molecule has 9 heteroatoms. The largest absolute Gasteiger partial charge is 0.484 e. The number of aryl methyl sites for hydroxylation is 1. The number of halogens is 1. The van der Waals surface area contributed by atoms with E-state index in [9.17, 15) is 14.9 Å². The first-order valence-corrected chi connectivity index (χ1v) is 9.37. The van der Waals surface area contributed by atoms with E-state index < -0.39 is 10.8 Å². The number of benzene rings is 2. The first-order valence-electron chi connectivity index (χ1n) is 8.99. The molecule has 1 N–H and O–H groups in total. The van der Waals surface area contributed by atoms with E-state index in [0.717, 1.165) is 17.0 Å². The molecule has 154 valence electrons. The maximum atomic E-state index is 11.9. The van der Waals surface area contributed by atoms with Gasteiger partial charge >= 0.3 is 0 Å². The van der Waals surface area contributed by atoms with E-state index in [4.69, 9.17) is 16.3 Å². The highest BCUT2D eigenvalue weighted by atomic mass is 35.5. The number of aromatic nitrogens is 1. The van der Waals surface area contributed by atoms with Gasteiger partial charge in [0.2, 0.25) is 0 Å². The number of hydrazone groups is 1. The van der Waals surface area contributed by atoms with Crippen molar-refractivity contribution in [2.24, 2.45) is 5.10 Å². The zero-order chi connectivity index (χ0) is 21.7. The smallest absolute Gasteiger partial charge is 0.277 e. The molecule has 0 bridgehead atoms. The summed E-state index contributed by atoms with van der Waals surface area (Å²) in [5.41, 5.74) is 5.60. The van der Waals surface area contributed by atoms with Crippen molar-refractivity contribution < 1.29 is 14.5 Å². The van der Waals surface area contributed by atoms with Crippen LogP contribution >= 0.6 is 11.6 Å². The molecule has 1 aromatic heterocycles. The van der Waals surface area contributed by atoms with Gasteiger partial charge in [0.05, 0.1) is 16.8 Å². The maximum Gasteiger partial charge on any atom is 0.277 e. The van der Waals surface area contributed by atoms with Crippen LogP contribution in [0.4, 0.5) is 5.69 Å². The number of nitro benzene ring substituents is 1. The second-order valence-electron chi connectivity index (χ2n) is 6.47. The Hall–Kier alpha value is -3.65. The molecule has 0 aliphatic carbocycles. The molecule has 0 saturated heterocycles. The minimum absolute atomic E-state index is 0.0168. The van der Waals surface area contributed by atoms with Gasteiger partial charge < -0.3 is 9.30 Å². The minimum atomic E-state index is -0.429. The van der Waals surface area contributed by atoms with Crippen molar-refractivity contribution in [2.75, 3.05) is 6.61 Å². The number of ether oxygens (including phenoxy) is 1. The second-order valence-corrected chi connectivity index (χ2v) is 6.91. The van der Waals surface area contributed by atoms with Crippen LogP contribution in [0, 0.1) is 24.0 Å². The summed E-state index contributed by atoms with van der Waals surface area (Å²) in [6, 6.07) is 15.0. The molecule has 0 aliphatic rings. The highest BCUT2D eigenvalue weighted by molar-refractivity contribution is 6.30. The van der Waals surface area contributed by atoms with Crippen molar-refractivity contribution in [3.05, 3.63) is 86.7 Å². The quantitative estimate of drug-likeness (QED) is 0.348. The maximum absolute atomic E-state index is 11.9. The van der Waals surface area contributed by atoms with Crippen LogP contribution in [-0.4, -0.2) is 28.2 Å². The number of hydrogen-bond acceptors (Lipinski definition) is 5. The molecule has 0 radical (unpaired) electrons. The normalized spacial score (nSPS) is 10.9. The predicted molar refractivity (Wildman–Crippen MR) is 115 cm³/mol. The molecule has 1 heterocycles. The fourth-order valence-corrected chi connectivity index (χ4v) is 3.07. The molecule has 0 saturated carbocycles. The molecule has 0 unspecified atom stereocenters. The highest BCUT2D eigenvalue weighted by Crippen LogP contribution is 2.23. The number of non-ortho nitro benzene ring substituents is 1. The summed E-state index contributed by atoms with van der Waals surface area (Å²) in [5, 5.41) is 15.6. The summed E-state index contributed by atoms with van der Waals surface area (Å²) < 4.78 is 7.25. The number of rotatable bonds is 7. The first kappa shape index (κ1) is 21.1. The summed E-state index contributed by atoms with van der Waals surface area (Å²) in [4.78, 5) is 22.5. The van der Waals surface area contributed by atoms with E-state index in [1.807, 2.05) is 24.5 Å². The number of nitrogens with one attached hydrogen (secondary N) is 1. The van der Waals surface area contributed by atoms with Gasteiger partial charge in [-0.25, -0.2) is 5.43 Å². The van der Waals surface area contributed by atoms with Gasteiger partial charge in [-0.3, -0.25) is 14.9 Å². The number of nitro groups is 1. The summed E-state index contributed by atoms with van der Waals surface area (Å²) in [5.74, 6) is 0.118.